The molecule has 0 aromatic rings. The molecule has 96 valence electrons. The molecular formula is C13H22N2O2. The van der Waals surface area contributed by atoms with E-state index in [1.807, 2.05) is 0 Å². The third-order valence-corrected chi connectivity index (χ3v) is 5.92. The number of nitrogens with zero attached hydrogens (tertiary/aromatic N) is 2. The van der Waals surface area contributed by atoms with Crippen molar-refractivity contribution in [1.29, 1.82) is 0 Å². The van der Waals surface area contributed by atoms with Gasteiger partial charge in [-0.2, -0.15) is 0 Å². The highest BCUT2D eigenvalue weighted by molar-refractivity contribution is 5.13. The molecule has 1 spiro atoms. The van der Waals surface area contributed by atoms with Crippen LogP contribution in [-0.4, -0.2) is 35.0 Å². The van der Waals surface area contributed by atoms with E-state index in [4.69, 9.17) is 0 Å². The van der Waals surface area contributed by atoms with Crippen LogP contribution in [0.1, 0.15) is 46.0 Å². The van der Waals surface area contributed by atoms with Crippen molar-refractivity contribution in [2.24, 2.45) is 10.8 Å². The molecule has 2 saturated heterocycles. The zero-order chi connectivity index (χ0) is 12.3. The number of hydrogen-bond donors (Lipinski definition) is 0. The molecule has 3 rings (SSSR count). The maximum Gasteiger partial charge on any atom is 0.230 e. The quantitative estimate of drug-likeness (QED) is 0.520. The van der Waals surface area contributed by atoms with Crippen LogP contribution < -0.4 is 0 Å². The van der Waals surface area contributed by atoms with E-state index in [1.54, 1.807) is 0 Å². The topological polar surface area (TPSA) is 46.4 Å². The first-order chi connectivity index (χ1) is 7.98. The van der Waals surface area contributed by atoms with Crippen molar-refractivity contribution >= 4 is 0 Å². The molecule has 4 heteroatoms. The minimum absolute atomic E-state index is 0.00780. The first-order valence-corrected chi connectivity index (χ1v) is 6.85. The van der Waals surface area contributed by atoms with Crippen LogP contribution in [0.15, 0.2) is 0 Å². The average Bonchev–Trinajstić information content (AvgIpc) is 2.84. The molecule has 0 unspecified atom stereocenters. The van der Waals surface area contributed by atoms with Gasteiger partial charge in [0.05, 0.1) is 6.04 Å². The second-order valence-corrected chi connectivity index (χ2v) is 6.77. The third-order valence-electron chi connectivity index (χ3n) is 5.92. The Kier molecular flexibility index (Phi) is 2.31. The number of hydrogen-bond acceptors (Lipinski definition) is 3. The standard InChI is InChI=1S/C13H22N2O2/c1-12(2)5-3-6-13(12)7-9-14-8-4-10(11(13)14)15(16)17/h10-11H,3-9H2,1-2H3/t10-,11-,13-/m1/s1. The summed E-state index contributed by atoms with van der Waals surface area (Å²) in [7, 11) is 0. The molecule has 0 amide bonds. The molecule has 0 N–H and O–H groups in total. The van der Waals surface area contributed by atoms with Crippen molar-refractivity contribution in [2.75, 3.05) is 13.1 Å². The summed E-state index contributed by atoms with van der Waals surface area (Å²) < 4.78 is 0. The summed E-state index contributed by atoms with van der Waals surface area (Å²) in [6, 6.07) is -0.0927. The van der Waals surface area contributed by atoms with E-state index in [0.717, 1.165) is 19.5 Å². The Morgan fingerprint density at radius 1 is 1.24 bits per heavy atom. The van der Waals surface area contributed by atoms with Crippen molar-refractivity contribution < 1.29 is 4.92 Å². The maximum absolute atomic E-state index is 11.3. The first-order valence-electron chi connectivity index (χ1n) is 6.85. The number of rotatable bonds is 1. The smallest absolute Gasteiger partial charge is 0.230 e. The molecule has 2 aliphatic heterocycles. The van der Waals surface area contributed by atoms with Crippen molar-refractivity contribution in [2.45, 2.75) is 58.0 Å². The highest BCUT2D eigenvalue weighted by Gasteiger charge is 2.64. The van der Waals surface area contributed by atoms with E-state index < -0.39 is 0 Å². The summed E-state index contributed by atoms with van der Waals surface area (Å²) in [5.74, 6) is 0. The van der Waals surface area contributed by atoms with E-state index >= 15 is 0 Å². The van der Waals surface area contributed by atoms with Gasteiger partial charge in [-0.15, -0.1) is 0 Å². The van der Waals surface area contributed by atoms with Crippen LogP contribution in [0.3, 0.4) is 0 Å². The summed E-state index contributed by atoms with van der Waals surface area (Å²) in [4.78, 5) is 13.7. The van der Waals surface area contributed by atoms with E-state index in [-0.39, 0.29) is 27.8 Å². The second kappa shape index (κ2) is 3.44. The molecular weight excluding hydrogens is 216 g/mol. The van der Waals surface area contributed by atoms with Crippen molar-refractivity contribution in [3.8, 4) is 0 Å². The van der Waals surface area contributed by atoms with Gasteiger partial charge < -0.3 is 0 Å². The molecule has 4 nitrogen and oxygen atoms in total. The molecule has 0 radical (unpaired) electrons. The summed E-state index contributed by atoms with van der Waals surface area (Å²) >= 11 is 0. The van der Waals surface area contributed by atoms with E-state index in [2.05, 4.69) is 18.7 Å². The van der Waals surface area contributed by atoms with Crippen molar-refractivity contribution in [3.63, 3.8) is 0 Å². The average molecular weight is 238 g/mol. The Balaban J connectivity index is 1.99. The molecule has 0 bridgehead atoms. The molecule has 3 fully saturated rings. The molecule has 17 heavy (non-hydrogen) atoms. The predicted molar refractivity (Wildman–Crippen MR) is 65.4 cm³/mol. The van der Waals surface area contributed by atoms with Gasteiger partial charge in [-0.05, 0) is 36.6 Å². The van der Waals surface area contributed by atoms with Crippen LogP contribution in [-0.2, 0) is 0 Å². The first kappa shape index (κ1) is 11.5. The predicted octanol–water partition coefficient (Wildman–Crippen LogP) is 2.31. The summed E-state index contributed by atoms with van der Waals surface area (Å²) in [6.45, 7) is 6.68. The Labute approximate surface area is 103 Å². The molecule has 0 aromatic heterocycles. The maximum atomic E-state index is 11.3. The molecule has 1 aliphatic carbocycles. The highest BCUT2D eigenvalue weighted by Crippen LogP contribution is 2.62. The minimum atomic E-state index is -0.310. The van der Waals surface area contributed by atoms with Gasteiger partial charge in [-0.1, -0.05) is 20.3 Å². The van der Waals surface area contributed by atoms with Crippen LogP contribution in [0.2, 0.25) is 0 Å². The lowest BCUT2D eigenvalue weighted by molar-refractivity contribution is -0.528. The van der Waals surface area contributed by atoms with E-state index in [0.29, 0.717) is 0 Å². The number of nitro groups is 1. The summed E-state index contributed by atoms with van der Waals surface area (Å²) in [5.41, 5.74) is 0.506. The fourth-order valence-electron chi connectivity index (χ4n) is 4.96. The van der Waals surface area contributed by atoms with Crippen molar-refractivity contribution in [3.05, 3.63) is 10.1 Å². The SMILES string of the molecule is CC1(C)CCC[C@]12CCN1CC[C@@H]([N+](=O)[O-])[C@@H]12. The molecule has 1 saturated carbocycles. The fraction of sp³-hybridized carbons (Fsp3) is 1.00. The highest BCUT2D eigenvalue weighted by atomic mass is 16.6. The van der Waals surface area contributed by atoms with Gasteiger partial charge in [0, 0.05) is 17.9 Å². The van der Waals surface area contributed by atoms with Crippen molar-refractivity contribution in [1.82, 2.24) is 4.90 Å². The van der Waals surface area contributed by atoms with Gasteiger partial charge in [-0.3, -0.25) is 15.0 Å². The third kappa shape index (κ3) is 1.33. The van der Waals surface area contributed by atoms with Gasteiger partial charge in [0.2, 0.25) is 6.04 Å². The summed E-state index contributed by atoms with van der Waals surface area (Å²) in [5, 5.41) is 11.3. The Hall–Kier alpha value is -0.640. The second-order valence-electron chi connectivity index (χ2n) is 6.77. The van der Waals surface area contributed by atoms with Crippen LogP contribution in [0, 0.1) is 20.9 Å². The van der Waals surface area contributed by atoms with Crippen LogP contribution in [0.5, 0.6) is 0 Å². The fourth-order valence-corrected chi connectivity index (χ4v) is 4.96. The Morgan fingerprint density at radius 3 is 2.59 bits per heavy atom. The lowest BCUT2D eigenvalue weighted by atomic mass is 9.62. The van der Waals surface area contributed by atoms with Gasteiger partial charge >= 0.3 is 0 Å². The number of fused-ring (bicyclic) bond motifs is 2. The van der Waals surface area contributed by atoms with Crippen LogP contribution in [0.4, 0.5) is 0 Å². The molecule has 3 aliphatic rings. The van der Waals surface area contributed by atoms with Gasteiger partial charge in [-0.25, -0.2) is 0 Å². The van der Waals surface area contributed by atoms with Gasteiger partial charge in [0.15, 0.2) is 0 Å². The summed E-state index contributed by atoms with van der Waals surface area (Å²) in [6.07, 6.45) is 5.62. The molecule has 2 heterocycles. The zero-order valence-electron chi connectivity index (χ0n) is 10.8. The minimum Gasteiger partial charge on any atom is -0.293 e. The lowest BCUT2D eigenvalue weighted by Gasteiger charge is -2.43. The molecule has 3 atom stereocenters. The van der Waals surface area contributed by atoms with Crippen LogP contribution >= 0.6 is 0 Å². The largest absolute Gasteiger partial charge is 0.293 e. The van der Waals surface area contributed by atoms with Gasteiger partial charge in [0.1, 0.15) is 0 Å². The zero-order valence-corrected chi connectivity index (χ0v) is 10.8. The monoisotopic (exact) mass is 238 g/mol. The van der Waals surface area contributed by atoms with Crippen LogP contribution in [0.25, 0.3) is 0 Å². The van der Waals surface area contributed by atoms with Gasteiger partial charge in [0.25, 0.3) is 0 Å². The molecule has 0 aromatic carbocycles. The van der Waals surface area contributed by atoms with E-state index in [1.165, 1.54) is 25.7 Å². The Morgan fingerprint density at radius 2 is 2.00 bits per heavy atom. The Bertz CT molecular complexity index is 355. The van der Waals surface area contributed by atoms with E-state index in [9.17, 15) is 10.1 Å². The normalized spacial score (nSPS) is 44.4. The lowest BCUT2D eigenvalue weighted by Crippen LogP contribution is -2.49.